The van der Waals surface area contributed by atoms with E-state index in [0.717, 1.165) is 4.47 Å². The third kappa shape index (κ3) is 3.79. The van der Waals surface area contributed by atoms with E-state index in [1.165, 1.54) is 0 Å². The fourth-order valence-corrected chi connectivity index (χ4v) is 2.62. The Morgan fingerprint density at radius 2 is 1.91 bits per heavy atom. The van der Waals surface area contributed by atoms with Crippen LogP contribution in [-0.2, 0) is 15.1 Å². The minimum atomic E-state index is -1.31. The van der Waals surface area contributed by atoms with Crippen LogP contribution in [0.3, 0.4) is 0 Å². The summed E-state index contributed by atoms with van der Waals surface area (Å²) in [5, 5.41) is 0. The number of rotatable bonds is 6. The van der Waals surface area contributed by atoms with Gasteiger partial charge in [0.1, 0.15) is 5.75 Å². The fourth-order valence-electron chi connectivity index (χ4n) is 2.22. The Balaban J connectivity index is 2.32. The summed E-state index contributed by atoms with van der Waals surface area (Å²) < 4.78 is 11.4. The molecule has 0 fully saturated rings. The number of aldehydes is 1. The summed E-state index contributed by atoms with van der Waals surface area (Å²) in [5.41, 5.74) is -0.321. The summed E-state index contributed by atoms with van der Waals surface area (Å²) in [6.45, 7) is 1.80. The van der Waals surface area contributed by atoms with Gasteiger partial charge in [0.15, 0.2) is 11.9 Å². The number of carbonyl (C=O) groups is 2. The third-order valence-corrected chi connectivity index (χ3v) is 4.12. The molecule has 120 valence electrons. The molecule has 2 aromatic carbocycles. The molecule has 0 radical (unpaired) electrons. The van der Waals surface area contributed by atoms with Crippen molar-refractivity contribution < 1.29 is 19.1 Å². The highest BCUT2D eigenvalue weighted by Crippen LogP contribution is 2.30. The average Bonchev–Trinajstić information content (AvgIpc) is 2.60. The van der Waals surface area contributed by atoms with Crippen molar-refractivity contribution in [2.75, 3.05) is 7.11 Å². The van der Waals surface area contributed by atoms with E-state index in [9.17, 15) is 9.59 Å². The lowest BCUT2D eigenvalue weighted by Crippen LogP contribution is -2.33. The van der Waals surface area contributed by atoms with Crippen LogP contribution in [0.1, 0.15) is 29.3 Å². The van der Waals surface area contributed by atoms with Crippen LogP contribution in [-0.4, -0.2) is 19.4 Å². The zero-order chi connectivity index (χ0) is 16.9. The van der Waals surface area contributed by atoms with Gasteiger partial charge in [-0.05, 0) is 36.8 Å². The number of halogens is 1. The molecule has 0 aliphatic rings. The fraction of sp³-hybridized carbons (Fsp3) is 0.222. The molecule has 0 bridgehead atoms. The minimum Gasteiger partial charge on any atom is -0.497 e. The molecular formula is C18H17BrO4. The summed E-state index contributed by atoms with van der Waals surface area (Å²) in [4.78, 5) is 24.1. The number of hydrogen-bond donors (Lipinski definition) is 0. The number of ether oxygens (including phenoxy) is 2. The van der Waals surface area contributed by atoms with Crippen LogP contribution in [0, 0.1) is 0 Å². The second-order valence-corrected chi connectivity index (χ2v) is 5.90. The summed E-state index contributed by atoms with van der Waals surface area (Å²) in [6.07, 6.45) is 1.01. The maximum Gasteiger partial charge on any atom is 0.339 e. The molecule has 0 saturated heterocycles. The molecule has 0 aromatic heterocycles. The molecule has 4 nitrogen and oxygen atoms in total. The smallest absolute Gasteiger partial charge is 0.339 e. The molecule has 23 heavy (non-hydrogen) atoms. The zero-order valence-corrected chi connectivity index (χ0v) is 14.5. The maximum atomic E-state index is 12.4. The number of methoxy groups -OCH3 is 1. The Morgan fingerprint density at radius 3 is 2.43 bits per heavy atom. The molecule has 0 spiro atoms. The normalized spacial score (nSPS) is 13.0. The van der Waals surface area contributed by atoms with Crippen molar-refractivity contribution >= 4 is 28.2 Å². The third-order valence-electron chi connectivity index (χ3n) is 3.63. The highest BCUT2D eigenvalue weighted by Gasteiger charge is 2.35. The Hall–Kier alpha value is -2.14. The lowest BCUT2D eigenvalue weighted by molar-refractivity contribution is -0.126. The van der Waals surface area contributed by atoms with Crippen LogP contribution in [0.4, 0.5) is 0 Å². The molecule has 0 aliphatic carbocycles. The highest BCUT2D eigenvalue weighted by atomic mass is 79.9. The van der Waals surface area contributed by atoms with Gasteiger partial charge in [0, 0.05) is 10.0 Å². The summed E-state index contributed by atoms with van der Waals surface area (Å²) >= 11 is 3.31. The SMILES string of the molecule is CC[C@@](C=O)(OC(=O)c1cccc(Br)c1)c1ccc(OC)cc1. The van der Waals surface area contributed by atoms with E-state index < -0.39 is 11.6 Å². The van der Waals surface area contributed by atoms with Crippen LogP contribution < -0.4 is 4.74 Å². The molecule has 1 atom stereocenters. The predicted molar refractivity (Wildman–Crippen MR) is 90.6 cm³/mol. The van der Waals surface area contributed by atoms with Gasteiger partial charge in [-0.3, -0.25) is 4.79 Å². The Bertz CT molecular complexity index is 696. The summed E-state index contributed by atoms with van der Waals surface area (Å²) in [6, 6.07) is 13.8. The molecule has 0 N–H and O–H groups in total. The first-order valence-electron chi connectivity index (χ1n) is 7.14. The lowest BCUT2D eigenvalue weighted by Gasteiger charge is -2.27. The van der Waals surface area contributed by atoms with Gasteiger partial charge in [0.05, 0.1) is 12.7 Å². The molecule has 0 amide bonds. The van der Waals surface area contributed by atoms with Gasteiger partial charge in [-0.25, -0.2) is 4.79 Å². The Morgan fingerprint density at radius 1 is 1.22 bits per heavy atom. The van der Waals surface area contributed by atoms with Crippen molar-refractivity contribution in [1.29, 1.82) is 0 Å². The zero-order valence-electron chi connectivity index (χ0n) is 12.9. The van der Waals surface area contributed by atoms with Crippen LogP contribution in [0.5, 0.6) is 5.75 Å². The van der Waals surface area contributed by atoms with Crippen LogP contribution in [0.25, 0.3) is 0 Å². The van der Waals surface area contributed by atoms with Crippen LogP contribution in [0.2, 0.25) is 0 Å². The standard InChI is InChI=1S/C18H17BrO4/c1-3-18(12-20,14-7-9-16(22-2)10-8-14)23-17(21)13-5-4-6-15(19)11-13/h4-12H,3H2,1-2H3/t18-/m0/s1. The Labute approximate surface area is 143 Å². The monoisotopic (exact) mass is 376 g/mol. The average molecular weight is 377 g/mol. The lowest BCUT2D eigenvalue weighted by atomic mass is 9.92. The van der Waals surface area contributed by atoms with E-state index in [2.05, 4.69) is 15.9 Å². The first kappa shape index (κ1) is 17.2. The van der Waals surface area contributed by atoms with Gasteiger partial charge in [-0.2, -0.15) is 0 Å². The largest absolute Gasteiger partial charge is 0.497 e. The molecule has 2 aromatic rings. The van der Waals surface area contributed by atoms with E-state index in [-0.39, 0.29) is 0 Å². The number of benzene rings is 2. The Kier molecular flexibility index (Phi) is 5.55. The summed E-state index contributed by atoms with van der Waals surface area (Å²) in [5.74, 6) is 0.124. The molecule has 0 heterocycles. The highest BCUT2D eigenvalue weighted by molar-refractivity contribution is 9.10. The molecule has 0 unspecified atom stereocenters. The van der Waals surface area contributed by atoms with Crippen molar-refractivity contribution in [2.24, 2.45) is 0 Å². The molecular weight excluding hydrogens is 360 g/mol. The van der Waals surface area contributed by atoms with Crippen molar-refractivity contribution in [3.63, 3.8) is 0 Å². The van der Waals surface area contributed by atoms with Gasteiger partial charge in [0.2, 0.25) is 0 Å². The van der Waals surface area contributed by atoms with Gasteiger partial charge in [0.25, 0.3) is 0 Å². The van der Waals surface area contributed by atoms with Gasteiger partial charge < -0.3 is 9.47 Å². The predicted octanol–water partition coefficient (Wildman–Crippen LogP) is 4.12. The molecule has 0 aliphatic heterocycles. The minimum absolute atomic E-state index is 0.336. The van der Waals surface area contributed by atoms with E-state index in [1.54, 1.807) is 56.5 Å². The van der Waals surface area contributed by atoms with Crippen LogP contribution >= 0.6 is 15.9 Å². The van der Waals surface area contributed by atoms with Crippen LogP contribution in [0.15, 0.2) is 53.0 Å². The van der Waals surface area contributed by atoms with Gasteiger partial charge in [-0.1, -0.05) is 41.1 Å². The van der Waals surface area contributed by atoms with Crippen molar-refractivity contribution in [3.8, 4) is 5.75 Å². The molecule has 2 rings (SSSR count). The van der Waals surface area contributed by atoms with Crippen molar-refractivity contribution in [2.45, 2.75) is 18.9 Å². The first-order valence-corrected chi connectivity index (χ1v) is 7.93. The molecule has 5 heteroatoms. The van der Waals surface area contributed by atoms with E-state index >= 15 is 0 Å². The molecule has 0 saturated carbocycles. The van der Waals surface area contributed by atoms with Gasteiger partial charge >= 0.3 is 5.97 Å². The second kappa shape index (κ2) is 7.42. The maximum absolute atomic E-state index is 12.4. The van der Waals surface area contributed by atoms with E-state index in [1.807, 2.05) is 6.07 Å². The summed E-state index contributed by atoms with van der Waals surface area (Å²) in [7, 11) is 1.56. The number of carbonyl (C=O) groups excluding carboxylic acids is 2. The van der Waals surface area contributed by atoms with E-state index in [0.29, 0.717) is 29.6 Å². The van der Waals surface area contributed by atoms with E-state index in [4.69, 9.17) is 9.47 Å². The topological polar surface area (TPSA) is 52.6 Å². The first-order chi connectivity index (χ1) is 11.0. The number of esters is 1. The second-order valence-electron chi connectivity index (χ2n) is 4.99. The van der Waals surface area contributed by atoms with Crippen molar-refractivity contribution in [1.82, 2.24) is 0 Å². The van der Waals surface area contributed by atoms with Gasteiger partial charge in [-0.15, -0.1) is 0 Å². The quantitative estimate of drug-likeness (QED) is 0.562. The number of hydrogen-bond acceptors (Lipinski definition) is 4. The van der Waals surface area contributed by atoms with Crippen molar-refractivity contribution in [3.05, 3.63) is 64.1 Å².